The Morgan fingerprint density at radius 2 is 2.21 bits per heavy atom. The molecule has 2 rings (SSSR count). The van der Waals surface area contributed by atoms with Gasteiger partial charge in [0, 0.05) is 24.9 Å². The number of hydrogen-bond acceptors (Lipinski definition) is 3. The van der Waals surface area contributed by atoms with Crippen molar-refractivity contribution >= 4 is 18.1 Å². The van der Waals surface area contributed by atoms with Crippen LogP contribution < -0.4 is 10.6 Å². The molecule has 1 aromatic carbocycles. The summed E-state index contributed by atoms with van der Waals surface area (Å²) < 4.78 is 17.6. The lowest BCUT2D eigenvalue weighted by molar-refractivity contribution is -0.917. The minimum Gasteiger partial charge on any atom is -0.370 e. The quantitative estimate of drug-likeness (QED) is 0.686. The maximum atomic E-state index is 13.3. The summed E-state index contributed by atoms with van der Waals surface area (Å²) in [6.07, 6.45) is 0.723. The molecule has 1 heterocycles. The zero-order valence-corrected chi connectivity index (χ0v) is 14.8. The van der Waals surface area contributed by atoms with Gasteiger partial charge in [-0.2, -0.15) is 9.78 Å². The molecule has 0 aliphatic heterocycles. The topological polar surface area (TPSA) is 70.3 Å². The number of carbonyl (C=O) groups is 1. The smallest absolute Gasteiger partial charge is 0.217 e. The largest absolute Gasteiger partial charge is 0.370 e. The van der Waals surface area contributed by atoms with Gasteiger partial charge >= 0.3 is 0 Å². The van der Waals surface area contributed by atoms with Gasteiger partial charge in [0.05, 0.1) is 7.05 Å². The van der Waals surface area contributed by atoms with E-state index in [1.54, 1.807) is 10.7 Å². The van der Waals surface area contributed by atoms with Gasteiger partial charge in [-0.05, 0) is 31.3 Å². The van der Waals surface area contributed by atoms with Crippen molar-refractivity contribution in [2.45, 2.75) is 39.5 Å². The van der Waals surface area contributed by atoms with Crippen molar-refractivity contribution in [2.75, 3.05) is 7.05 Å². The van der Waals surface area contributed by atoms with Gasteiger partial charge in [0.15, 0.2) is 6.67 Å². The molecule has 0 aliphatic carbocycles. The van der Waals surface area contributed by atoms with Crippen LogP contribution in [-0.4, -0.2) is 27.3 Å². The van der Waals surface area contributed by atoms with Crippen LogP contribution in [0.1, 0.15) is 24.7 Å². The minimum atomic E-state index is -0.355. The number of nitrogens with two attached hydrogens (primary N) is 1. The molecule has 1 aromatic heterocycles. The van der Waals surface area contributed by atoms with Crippen molar-refractivity contribution in [3.8, 4) is 0 Å². The fraction of sp³-hybridized carbons (Fsp3) is 0.438. The van der Waals surface area contributed by atoms with Crippen LogP contribution in [0.3, 0.4) is 0 Å². The Hall–Kier alpha value is -2.06. The predicted molar refractivity (Wildman–Crippen MR) is 91.2 cm³/mol. The molecule has 1 amide bonds. The summed E-state index contributed by atoms with van der Waals surface area (Å²) in [5, 5.41) is 4.52. The van der Waals surface area contributed by atoms with Gasteiger partial charge in [-0.3, -0.25) is 4.79 Å². The van der Waals surface area contributed by atoms with E-state index in [9.17, 15) is 9.18 Å². The summed E-state index contributed by atoms with van der Waals surface area (Å²) >= 11 is 5.47. The first kappa shape index (κ1) is 18.3. The van der Waals surface area contributed by atoms with Crippen LogP contribution in [-0.2, 0) is 31.0 Å². The van der Waals surface area contributed by atoms with Crippen LogP contribution in [0.4, 0.5) is 4.39 Å². The molecule has 0 saturated carbocycles. The van der Waals surface area contributed by atoms with E-state index in [1.807, 2.05) is 24.6 Å². The zero-order chi connectivity index (χ0) is 17.7. The monoisotopic (exact) mass is 352 g/mol. The Kier molecular flexibility index (Phi) is 6.22. The van der Waals surface area contributed by atoms with E-state index in [0.717, 1.165) is 16.3 Å². The van der Waals surface area contributed by atoms with Crippen molar-refractivity contribution in [1.82, 2.24) is 14.3 Å². The number of primary amides is 1. The van der Waals surface area contributed by atoms with Gasteiger partial charge in [-0.15, -0.1) is 0 Å². The first-order valence-electron chi connectivity index (χ1n) is 7.91. The van der Waals surface area contributed by atoms with Crippen LogP contribution in [0.2, 0.25) is 0 Å². The van der Waals surface area contributed by atoms with Crippen LogP contribution in [0, 0.1) is 10.6 Å². The van der Waals surface area contributed by atoms with Gasteiger partial charge < -0.3 is 15.2 Å². The maximum absolute atomic E-state index is 13.3. The van der Waals surface area contributed by atoms with E-state index >= 15 is 0 Å². The number of hydrogen-bond donors (Lipinski definition) is 2. The fourth-order valence-corrected chi connectivity index (χ4v) is 2.97. The second-order valence-corrected chi connectivity index (χ2v) is 6.20. The van der Waals surface area contributed by atoms with Gasteiger partial charge in [0.1, 0.15) is 18.2 Å². The van der Waals surface area contributed by atoms with Gasteiger partial charge in [-0.25, -0.2) is 4.39 Å². The fourth-order valence-electron chi connectivity index (χ4n) is 2.63. The summed E-state index contributed by atoms with van der Waals surface area (Å²) in [6, 6.07) is 6.57. The molecule has 0 aliphatic rings. The molecule has 8 heteroatoms. The highest BCUT2D eigenvalue weighted by Crippen LogP contribution is 2.05. The third kappa shape index (κ3) is 4.72. The van der Waals surface area contributed by atoms with E-state index in [4.69, 9.17) is 18.0 Å². The average molecular weight is 352 g/mol. The van der Waals surface area contributed by atoms with Gasteiger partial charge in [-0.1, -0.05) is 12.1 Å². The third-order valence-electron chi connectivity index (χ3n) is 3.73. The number of rotatable bonds is 8. The van der Waals surface area contributed by atoms with E-state index in [0.29, 0.717) is 31.0 Å². The summed E-state index contributed by atoms with van der Waals surface area (Å²) in [4.78, 5) is 12.1. The van der Waals surface area contributed by atoms with Crippen molar-refractivity contribution < 1.29 is 14.1 Å². The molecular formula is C16H23FN5OS+. The lowest BCUT2D eigenvalue weighted by Gasteiger charge is -2.13. The first-order valence-corrected chi connectivity index (χ1v) is 8.32. The van der Waals surface area contributed by atoms with Crippen LogP contribution in [0.25, 0.3) is 0 Å². The molecule has 6 nitrogen and oxygen atoms in total. The highest BCUT2D eigenvalue weighted by Gasteiger charge is 2.13. The molecule has 0 radical (unpaired) electrons. The molecule has 1 unspecified atom stereocenters. The summed E-state index contributed by atoms with van der Waals surface area (Å²) in [7, 11) is 2.00. The number of carbonyl (C=O) groups excluding carboxylic acids is 1. The number of halogens is 1. The number of nitrogens with one attached hydrogen (secondary N) is 1. The Morgan fingerprint density at radius 1 is 1.46 bits per heavy atom. The number of nitrogens with zero attached hydrogens (tertiary/aromatic N) is 3. The molecule has 0 fully saturated rings. The molecule has 2 aromatic rings. The number of aromatic nitrogens is 3. The molecule has 24 heavy (non-hydrogen) atoms. The van der Waals surface area contributed by atoms with Crippen molar-refractivity contribution in [2.24, 2.45) is 5.73 Å². The zero-order valence-electron chi connectivity index (χ0n) is 14.0. The third-order valence-corrected chi connectivity index (χ3v) is 4.16. The molecule has 3 N–H and O–H groups in total. The van der Waals surface area contributed by atoms with Gasteiger partial charge in [0.25, 0.3) is 0 Å². The standard InChI is InChI=1S/C16H22FN5OS/c1-3-21-15(8-7-14(18)23)19-22(16(21)24)11-20(2)10-12-5-4-6-13(17)9-12/h4-6,9H,3,7-8,10-11H2,1-2H3,(H2,18,23)/p+1. The van der Waals surface area contributed by atoms with Crippen molar-refractivity contribution in [1.29, 1.82) is 0 Å². The molecule has 1 atom stereocenters. The number of aryl methyl sites for hydroxylation is 1. The first-order chi connectivity index (χ1) is 11.4. The van der Waals surface area contributed by atoms with Crippen LogP contribution in [0.5, 0.6) is 0 Å². The van der Waals surface area contributed by atoms with E-state index in [1.165, 1.54) is 12.1 Å². The molecule has 0 bridgehead atoms. The Bertz CT molecular complexity index is 770. The van der Waals surface area contributed by atoms with E-state index < -0.39 is 0 Å². The highest BCUT2D eigenvalue weighted by molar-refractivity contribution is 7.71. The Labute approximate surface area is 145 Å². The van der Waals surface area contributed by atoms with Crippen LogP contribution in [0.15, 0.2) is 24.3 Å². The van der Waals surface area contributed by atoms with E-state index in [-0.39, 0.29) is 18.1 Å². The molecule has 0 saturated heterocycles. The predicted octanol–water partition coefficient (Wildman–Crippen LogP) is 0.663. The van der Waals surface area contributed by atoms with Crippen molar-refractivity contribution in [3.05, 3.63) is 46.2 Å². The highest BCUT2D eigenvalue weighted by atomic mass is 32.1. The van der Waals surface area contributed by atoms with E-state index in [2.05, 4.69) is 5.10 Å². The average Bonchev–Trinajstić information content (AvgIpc) is 2.80. The summed E-state index contributed by atoms with van der Waals surface area (Å²) in [5.74, 6) is 0.174. The van der Waals surface area contributed by atoms with Crippen LogP contribution >= 0.6 is 12.2 Å². The number of benzene rings is 1. The minimum absolute atomic E-state index is 0.235. The second kappa shape index (κ2) is 8.16. The number of amides is 1. The lowest BCUT2D eigenvalue weighted by atomic mass is 10.2. The summed E-state index contributed by atoms with van der Waals surface area (Å²) in [6.45, 7) is 3.90. The Balaban J connectivity index is 2.11. The van der Waals surface area contributed by atoms with Crippen molar-refractivity contribution in [3.63, 3.8) is 0 Å². The lowest BCUT2D eigenvalue weighted by Crippen LogP contribution is -3.07. The SMILES string of the molecule is CCn1c(CCC(N)=O)nn(C[NH+](C)Cc2cccc(F)c2)c1=S. The molecule has 0 spiro atoms. The summed E-state index contributed by atoms with van der Waals surface area (Å²) in [5.41, 5.74) is 6.13. The number of quaternary nitrogens is 1. The molecular weight excluding hydrogens is 329 g/mol. The Morgan fingerprint density at radius 3 is 2.83 bits per heavy atom. The maximum Gasteiger partial charge on any atom is 0.217 e. The second-order valence-electron chi connectivity index (χ2n) is 5.83. The molecule has 130 valence electrons. The van der Waals surface area contributed by atoms with Gasteiger partial charge in [0.2, 0.25) is 10.7 Å². The normalized spacial score (nSPS) is 12.3.